The lowest BCUT2D eigenvalue weighted by atomic mass is 9.65. The first-order chi connectivity index (χ1) is 25.1. The van der Waals surface area contributed by atoms with Crippen molar-refractivity contribution in [2.75, 3.05) is 32.8 Å². The molecule has 3 saturated heterocycles. The smallest absolute Gasteiger partial charge is 0.410 e. The Hall–Kier alpha value is -4.33. The highest BCUT2D eigenvalue weighted by Gasteiger charge is 2.57. The van der Waals surface area contributed by atoms with Gasteiger partial charge in [-0.25, -0.2) is 9.59 Å². The zero-order chi connectivity index (χ0) is 40.3. The van der Waals surface area contributed by atoms with Crippen molar-refractivity contribution in [1.29, 1.82) is 0 Å². The second-order valence-electron chi connectivity index (χ2n) is 16.9. The minimum atomic E-state index is -1.36. The fourth-order valence-corrected chi connectivity index (χ4v) is 7.44. The van der Waals surface area contributed by atoms with Gasteiger partial charge in [-0.1, -0.05) is 12.1 Å². The van der Waals surface area contributed by atoms with E-state index in [1.807, 2.05) is 84.9 Å². The van der Waals surface area contributed by atoms with Crippen LogP contribution < -0.4 is 5.32 Å². The Bertz CT molecular complexity index is 1570. The molecule has 1 atom stereocenters. The van der Waals surface area contributed by atoms with Crippen LogP contribution >= 0.6 is 0 Å². The van der Waals surface area contributed by atoms with Crippen molar-refractivity contribution in [3.63, 3.8) is 0 Å². The molecule has 0 aromatic carbocycles. The van der Waals surface area contributed by atoms with Crippen LogP contribution in [0.25, 0.3) is 0 Å². The van der Waals surface area contributed by atoms with E-state index in [4.69, 9.17) is 14.2 Å². The number of ether oxygens (including phenoxy) is 3. The fraction of sp³-hybridized carbons (Fsp3) is 0.625. The molecule has 3 amide bonds. The number of amides is 3. The Balaban J connectivity index is 0.000000227. The summed E-state index contributed by atoms with van der Waals surface area (Å²) in [5.74, 6) is -0.165. The zero-order valence-electron chi connectivity index (χ0n) is 34.2. The molecule has 2 aromatic rings. The van der Waals surface area contributed by atoms with Crippen LogP contribution in [0, 0.1) is 11.3 Å². The van der Waals surface area contributed by atoms with E-state index in [2.05, 4.69) is 39.6 Å². The van der Waals surface area contributed by atoms with E-state index in [1.165, 1.54) is 0 Å². The van der Waals surface area contributed by atoms with Gasteiger partial charge in [0.25, 0.3) is 0 Å². The van der Waals surface area contributed by atoms with Gasteiger partial charge in [-0.05, 0) is 125 Å². The Kier molecular flexibility index (Phi) is 15.4. The number of β-lactam (4-membered cyclic amide) rings is 1. The Morgan fingerprint density at radius 2 is 1.37 bits per heavy atom. The van der Waals surface area contributed by atoms with Gasteiger partial charge in [0.05, 0.1) is 35.4 Å². The molecule has 1 spiro atoms. The van der Waals surface area contributed by atoms with Crippen LogP contribution in [0.4, 0.5) is 9.59 Å². The highest BCUT2D eigenvalue weighted by atomic mass is 28.3. The van der Waals surface area contributed by atoms with Gasteiger partial charge in [0, 0.05) is 44.3 Å². The summed E-state index contributed by atoms with van der Waals surface area (Å²) in [4.78, 5) is 59.7. The molecule has 54 heavy (non-hydrogen) atoms. The first kappa shape index (κ1) is 44.1. The second-order valence-corrected chi connectivity index (χ2v) is 21.4. The fourth-order valence-electron chi connectivity index (χ4n) is 6.32. The molecule has 3 fully saturated rings. The lowest BCUT2D eigenvalue weighted by molar-refractivity contribution is -0.151. The van der Waals surface area contributed by atoms with Gasteiger partial charge in [0.15, 0.2) is 8.24 Å². The van der Waals surface area contributed by atoms with E-state index in [9.17, 15) is 19.2 Å². The van der Waals surface area contributed by atoms with E-state index in [1.54, 1.807) is 29.1 Å². The van der Waals surface area contributed by atoms with Crippen LogP contribution in [0.2, 0.25) is 19.6 Å². The summed E-state index contributed by atoms with van der Waals surface area (Å²) in [6.45, 7) is 24.2. The molecule has 3 aliphatic rings. The molecular formula is C40H62N6O7Si. The summed E-state index contributed by atoms with van der Waals surface area (Å²) in [6, 6.07) is 11.6. The molecule has 5 heterocycles. The maximum atomic E-state index is 12.2. The number of piperidine rings is 2. The summed E-state index contributed by atoms with van der Waals surface area (Å²) in [7, 11) is -1.36. The molecule has 1 N–H and O–H groups in total. The quantitative estimate of drug-likeness (QED) is 0.110. The highest BCUT2D eigenvalue weighted by molar-refractivity contribution is 6.75. The number of hydrogen-bond donors (Lipinski definition) is 1. The number of nitrogens with one attached hydrogen (secondary N) is 1. The number of carbonyl (C=O) groups excluding carboxylic acids is 4. The first-order valence-electron chi connectivity index (χ1n) is 19.0. The van der Waals surface area contributed by atoms with Crippen molar-refractivity contribution in [3.8, 4) is 0 Å². The van der Waals surface area contributed by atoms with Crippen molar-refractivity contribution in [3.05, 3.63) is 60.2 Å². The minimum absolute atomic E-state index is 0.0583. The van der Waals surface area contributed by atoms with Crippen molar-refractivity contribution in [1.82, 2.24) is 25.1 Å². The molecule has 0 radical (unpaired) electrons. The lowest BCUT2D eigenvalue weighted by Gasteiger charge is -2.52. The lowest BCUT2D eigenvalue weighted by Crippen LogP contribution is -2.65. The predicted octanol–water partition coefficient (Wildman–Crippen LogP) is 7.19. The first-order valence-corrected chi connectivity index (χ1v) is 22.4. The molecule has 13 nitrogen and oxygen atoms in total. The van der Waals surface area contributed by atoms with Crippen LogP contribution in [0.1, 0.15) is 98.5 Å². The van der Waals surface area contributed by atoms with E-state index >= 15 is 0 Å². The summed E-state index contributed by atoms with van der Waals surface area (Å²) in [5.41, 5.74) is 1.51. The number of pyridine rings is 2. The van der Waals surface area contributed by atoms with Crippen LogP contribution in [0.5, 0.6) is 0 Å². The maximum absolute atomic E-state index is 12.2. The SMILES string of the molecule is CC(=N[Si](C)(C)C)c1ccccn1.CC(C)(C)OC(=O)N1CCC2(CC1)C(=O)NC2c1ccccn1.CCOC(=O)C1CCN(C(=O)OC(C)(C)C)CC1. The monoisotopic (exact) mass is 766 g/mol. The maximum Gasteiger partial charge on any atom is 0.410 e. The molecule has 0 bridgehead atoms. The van der Waals surface area contributed by atoms with Crippen LogP contribution in [0.3, 0.4) is 0 Å². The number of aromatic nitrogens is 2. The third-order valence-electron chi connectivity index (χ3n) is 8.88. The number of nitrogens with zero attached hydrogens (tertiary/aromatic N) is 5. The minimum Gasteiger partial charge on any atom is -0.466 e. The van der Waals surface area contributed by atoms with Crippen molar-refractivity contribution >= 4 is 38.0 Å². The molecule has 2 aromatic heterocycles. The van der Waals surface area contributed by atoms with Crippen LogP contribution in [-0.4, -0.2) is 102 Å². The molecule has 0 saturated carbocycles. The number of hydrogen-bond acceptors (Lipinski definition) is 10. The second kappa shape index (κ2) is 18.8. The van der Waals surface area contributed by atoms with Gasteiger partial charge in [0.1, 0.15) is 11.2 Å². The van der Waals surface area contributed by atoms with Crippen LogP contribution in [-0.2, 0) is 23.8 Å². The molecule has 1 unspecified atom stereocenters. The summed E-state index contributed by atoms with van der Waals surface area (Å²) in [6.07, 6.45) is 5.52. The normalized spacial score (nSPS) is 18.8. The summed E-state index contributed by atoms with van der Waals surface area (Å²) >= 11 is 0. The highest BCUT2D eigenvalue weighted by Crippen LogP contribution is 2.49. The van der Waals surface area contributed by atoms with Gasteiger partial charge in [-0.2, -0.15) is 0 Å². The average Bonchev–Trinajstić information content (AvgIpc) is 3.10. The van der Waals surface area contributed by atoms with Gasteiger partial charge in [0.2, 0.25) is 5.91 Å². The largest absolute Gasteiger partial charge is 0.466 e. The molecular weight excluding hydrogens is 705 g/mol. The van der Waals surface area contributed by atoms with Crippen molar-refractivity contribution < 1.29 is 33.4 Å². The topological polar surface area (TPSA) is 153 Å². The molecule has 3 aliphatic heterocycles. The zero-order valence-corrected chi connectivity index (χ0v) is 35.2. The Morgan fingerprint density at radius 3 is 1.80 bits per heavy atom. The van der Waals surface area contributed by atoms with Crippen LogP contribution in [0.15, 0.2) is 53.4 Å². The standard InChI is InChI=1S/C17H23N3O3.C13H23NO4.C10H16N2Si/c1-16(2,3)23-15(22)20-10-7-17(8-11-20)13(19-14(17)21)12-6-4-5-9-18-12;1-5-17-11(15)10-6-8-14(9-7-10)12(16)18-13(2,3)4;1-9(12-13(2,3)4)10-7-5-6-8-11-10/h4-6,9,13H,7-8,10-11H2,1-3H3,(H,19,21);10H,5-9H2,1-4H3;5-8H,1-4H3. The van der Waals surface area contributed by atoms with Crippen molar-refractivity contribution in [2.45, 2.75) is 118 Å². The van der Waals surface area contributed by atoms with E-state index in [0.717, 1.165) is 17.1 Å². The molecule has 5 rings (SSSR count). The average molecular weight is 767 g/mol. The molecule has 298 valence electrons. The third kappa shape index (κ3) is 13.5. The van der Waals surface area contributed by atoms with Gasteiger partial charge in [-0.15, -0.1) is 0 Å². The van der Waals surface area contributed by atoms with Gasteiger partial charge < -0.3 is 34.0 Å². The van der Waals surface area contributed by atoms with E-state index in [-0.39, 0.29) is 36.0 Å². The van der Waals surface area contributed by atoms with Gasteiger partial charge >= 0.3 is 18.2 Å². The Morgan fingerprint density at radius 1 is 0.852 bits per heavy atom. The summed E-state index contributed by atoms with van der Waals surface area (Å²) in [5, 5.41) is 2.97. The number of esters is 1. The molecule has 14 heteroatoms. The van der Waals surface area contributed by atoms with E-state index in [0.29, 0.717) is 58.5 Å². The Labute approximate surface area is 322 Å². The third-order valence-corrected chi connectivity index (χ3v) is 9.88. The number of rotatable bonds is 5. The predicted molar refractivity (Wildman–Crippen MR) is 212 cm³/mol. The number of carbonyl (C=O) groups is 4. The molecule has 0 aliphatic carbocycles. The van der Waals surface area contributed by atoms with Crippen molar-refractivity contribution in [2.24, 2.45) is 16.0 Å². The summed E-state index contributed by atoms with van der Waals surface area (Å²) < 4.78 is 20.4. The van der Waals surface area contributed by atoms with E-state index < -0.39 is 24.9 Å². The number of likely N-dealkylation sites (tertiary alicyclic amines) is 2. The van der Waals surface area contributed by atoms with Gasteiger partial charge in [-0.3, -0.25) is 19.6 Å².